The number of carbonyl (C=O) groups excluding carboxylic acids is 1. The molecule has 1 amide bonds. The molecule has 2 aromatic heterocycles. The lowest BCUT2D eigenvalue weighted by molar-refractivity contribution is 0.0751. The molecule has 0 saturated carbocycles. The standard InChI is InChI=1S/C43H68Br2N2O/c1-7-12-16-19-20-21-24-29-35(28-23-18-14-9-3)41-37-30-31-39(45)47(37)33(6)40-36(34(26-15-10-4)27-22-17-13-8-2)32-46(38(44)25-11-5)43(48)42(40)41/h11,30-31,34-35,38H,5-10,12-29,32H2,1-4H3. The van der Waals surface area contributed by atoms with E-state index < -0.39 is 0 Å². The number of rotatable bonds is 26. The van der Waals surface area contributed by atoms with Crippen molar-refractivity contribution in [3.63, 3.8) is 0 Å². The highest BCUT2D eigenvalue weighted by atomic mass is 79.9. The van der Waals surface area contributed by atoms with Crippen LogP contribution in [-0.4, -0.2) is 26.7 Å². The van der Waals surface area contributed by atoms with Gasteiger partial charge in [-0.3, -0.25) is 4.79 Å². The second-order valence-electron chi connectivity index (χ2n) is 14.5. The molecule has 48 heavy (non-hydrogen) atoms. The molecule has 0 radical (unpaired) electrons. The number of nitrogens with zero attached hydrogens (tertiary/aromatic N) is 2. The Balaban J connectivity index is 2.27. The van der Waals surface area contributed by atoms with Crippen LogP contribution < -0.4 is 10.6 Å². The summed E-state index contributed by atoms with van der Waals surface area (Å²) in [5, 5.41) is 2.15. The number of fused-ring (bicyclic) bond motifs is 2. The molecule has 0 aromatic carbocycles. The Morgan fingerprint density at radius 2 is 1.25 bits per heavy atom. The van der Waals surface area contributed by atoms with E-state index in [1.165, 1.54) is 144 Å². The zero-order chi connectivity index (χ0) is 34.9. The summed E-state index contributed by atoms with van der Waals surface area (Å²) < 4.78 is 3.38. The first-order chi connectivity index (χ1) is 23.4. The average molecular weight is 789 g/mol. The summed E-state index contributed by atoms with van der Waals surface area (Å²) in [4.78, 5) is 17.1. The number of pyridine rings is 1. The predicted molar refractivity (Wildman–Crippen MR) is 218 cm³/mol. The highest BCUT2D eigenvalue weighted by molar-refractivity contribution is 9.10. The second-order valence-corrected chi connectivity index (χ2v) is 16.4. The topological polar surface area (TPSA) is 24.7 Å². The molecule has 1 aliphatic heterocycles. The van der Waals surface area contributed by atoms with Gasteiger partial charge in [0.15, 0.2) is 0 Å². The zero-order valence-corrected chi connectivity index (χ0v) is 34.4. The fourth-order valence-electron chi connectivity index (χ4n) is 8.06. The van der Waals surface area contributed by atoms with Gasteiger partial charge in [0.2, 0.25) is 0 Å². The van der Waals surface area contributed by atoms with Crippen LogP contribution in [0.4, 0.5) is 0 Å². The molecule has 2 aromatic rings. The van der Waals surface area contributed by atoms with Crippen molar-refractivity contribution < 1.29 is 4.79 Å². The quantitative estimate of drug-likeness (QED) is 0.0403. The number of halogens is 2. The Bertz CT molecular complexity index is 1380. The molecule has 0 saturated heterocycles. The summed E-state index contributed by atoms with van der Waals surface area (Å²) in [6.45, 7) is 18.7. The van der Waals surface area contributed by atoms with E-state index in [2.05, 4.69) is 87.6 Å². The zero-order valence-electron chi connectivity index (χ0n) is 31.2. The van der Waals surface area contributed by atoms with Crippen molar-refractivity contribution in [3.05, 3.63) is 51.1 Å². The molecule has 0 bridgehead atoms. The fraction of sp³-hybridized carbons (Fsp3) is 0.698. The summed E-state index contributed by atoms with van der Waals surface area (Å²) in [5.41, 5.74) is 4.87. The number of unbranched alkanes of at least 4 members (excludes halogenated alkanes) is 13. The maximum Gasteiger partial charge on any atom is 0.256 e. The minimum atomic E-state index is -0.0699. The average Bonchev–Trinajstić information content (AvgIpc) is 3.47. The molecule has 0 spiro atoms. The molecule has 3 atom stereocenters. The van der Waals surface area contributed by atoms with E-state index in [4.69, 9.17) is 6.58 Å². The molecule has 0 aliphatic carbocycles. The first-order valence-corrected chi connectivity index (χ1v) is 21.7. The Labute approximate surface area is 311 Å². The Morgan fingerprint density at radius 3 is 1.81 bits per heavy atom. The summed E-state index contributed by atoms with van der Waals surface area (Å²) in [6.07, 6.45) is 28.9. The largest absolute Gasteiger partial charge is 0.322 e. The van der Waals surface area contributed by atoms with E-state index in [0.717, 1.165) is 34.8 Å². The Morgan fingerprint density at radius 1 is 0.750 bits per heavy atom. The van der Waals surface area contributed by atoms with E-state index in [9.17, 15) is 4.79 Å². The van der Waals surface area contributed by atoms with Gasteiger partial charge < -0.3 is 9.30 Å². The van der Waals surface area contributed by atoms with Gasteiger partial charge in [-0.25, -0.2) is 0 Å². The summed E-state index contributed by atoms with van der Waals surface area (Å²) in [7, 11) is 0. The maximum absolute atomic E-state index is 15.0. The van der Waals surface area contributed by atoms with Gasteiger partial charge in [0.1, 0.15) is 0 Å². The SMILES string of the molecule is C=CCC(Br)N1CC(C(CCCC)CCCCCC)=c2c(c(C(CCCCCC)CCCCCCCCC)c3ccc(Br)n3c2=C)C1=O. The Hall–Kier alpha value is -1.33. The summed E-state index contributed by atoms with van der Waals surface area (Å²) >= 11 is 7.88. The molecular weight excluding hydrogens is 720 g/mol. The number of hydrogen-bond acceptors (Lipinski definition) is 1. The molecule has 1 aliphatic rings. The van der Waals surface area contributed by atoms with Gasteiger partial charge in [0.05, 0.1) is 20.6 Å². The van der Waals surface area contributed by atoms with E-state index in [1.54, 1.807) is 0 Å². The number of alkyl halides is 1. The van der Waals surface area contributed by atoms with Crippen molar-refractivity contribution >= 4 is 55.4 Å². The monoisotopic (exact) mass is 786 g/mol. The van der Waals surface area contributed by atoms with Gasteiger partial charge in [-0.1, -0.05) is 165 Å². The summed E-state index contributed by atoms with van der Waals surface area (Å²) in [6, 6.07) is 4.42. The van der Waals surface area contributed by atoms with E-state index >= 15 is 0 Å². The van der Waals surface area contributed by atoms with E-state index in [1.807, 2.05) is 6.08 Å². The fourth-order valence-corrected chi connectivity index (χ4v) is 9.19. The molecule has 0 fully saturated rings. The smallest absolute Gasteiger partial charge is 0.256 e. The summed E-state index contributed by atoms with van der Waals surface area (Å²) in [5.74, 6) is 0.981. The van der Waals surface area contributed by atoms with Crippen LogP contribution in [0, 0.1) is 5.92 Å². The minimum Gasteiger partial charge on any atom is -0.322 e. The van der Waals surface area contributed by atoms with Crippen LogP contribution in [0.2, 0.25) is 0 Å². The Kier molecular flexibility index (Phi) is 19.2. The number of aromatic nitrogens is 1. The van der Waals surface area contributed by atoms with Gasteiger partial charge in [-0.15, -0.1) is 6.58 Å². The van der Waals surface area contributed by atoms with Crippen LogP contribution >= 0.6 is 31.9 Å². The number of carbonyl (C=O) groups is 1. The molecule has 270 valence electrons. The minimum absolute atomic E-state index is 0.0699. The van der Waals surface area contributed by atoms with Gasteiger partial charge in [0.25, 0.3) is 5.91 Å². The first kappa shape index (κ1) is 41.1. The molecule has 3 rings (SSSR count). The van der Waals surface area contributed by atoms with Gasteiger partial charge >= 0.3 is 0 Å². The van der Waals surface area contributed by atoms with E-state index in [-0.39, 0.29) is 10.9 Å². The number of amides is 1. The highest BCUT2D eigenvalue weighted by Gasteiger charge is 2.36. The predicted octanol–water partition coefficient (Wildman–Crippen LogP) is 13.0. The molecule has 5 heteroatoms. The highest BCUT2D eigenvalue weighted by Crippen LogP contribution is 2.38. The van der Waals surface area contributed by atoms with Crippen molar-refractivity contribution in [2.45, 2.75) is 180 Å². The lowest BCUT2D eigenvalue weighted by Crippen LogP contribution is -2.52. The van der Waals surface area contributed by atoms with Gasteiger partial charge in [0, 0.05) is 17.1 Å². The third-order valence-corrected chi connectivity index (χ3v) is 12.3. The van der Waals surface area contributed by atoms with Gasteiger partial charge in [-0.2, -0.15) is 0 Å². The van der Waals surface area contributed by atoms with Crippen LogP contribution in [0.15, 0.2) is 29.4 Å². The molecule has 3 nitrogen and oxygen atoms in total. The van der Waals surface area contributed by atoms with Gasteiger partial charge in [-0.05, 0) is 83.1 Å². The second kappa shape index (κ2) is 22.5. The third kappa shape index (κ3) is 11.1. The van der Waals surface area contributed by atoms with E-state index in [0.29, 0.717) is 18.4 Å². The van der Waals surface area contributed by atoms with Crippen molar-refractivity contribution in [1.29, 1.82) is 0 Å². The third-order valence-electron chi connectivity index (χ3n) is 10.8. The van der Waals surface area contributed by atoms with Crippen molar-refractivity contribution in [3.8, 4) is 0 Å². The molecular formula is C43H68Br2N2O. The van der Waals surface area contributed by atoms with Crippen LogP contribution in [0.25, 0.3) is 17.7 Å². The van der Waals surface area contributed by atoms with Crippen LogP contribution in [0.3, 0.4) is 0 Å². The lowest BCUT2D eigenvalue weighted by atomic mass is 9.79. The number of hydrogen-bond donors (Lipinski definition) is 0. The molecule has 3 heterocycles. The van der Waals surface area contributed by atoms with Crippen molar-refractivity contribution in [1.82, 2.24) is 9.30 Å². The van der Waals surface area contributed by atoms with Crippen molar-refractivity contribution in [2.24, 2.45) is 5.92 Å². The first-order valence-electron chi connectivity index (χ1n) is 20.0. The van der Waals surface area contributed by atoms with Crippen molar-refractivity contribution in [2.75, 3.05) is 6.54 Å². The van der Waals surface area contributed by atoms with Crippen LogP contribution in [-0.2, 0) is 0 Å². The van der Waals surface area contributed by atoms with Crippen LogP contribution in [0.5, 0.6) is 0 Å². The maximum atomic E-state index is 15.0. The molecule has 3 unspecified atom stereocenters. The normalized spacial score (nSPS) is 15.2. The lowest BCUT2D eigenvalue weighted by Gasteiger charge is -2.37. The molecule has 0 N–H and O–H groups in total. The van der Waals surface area contributed by atoms with Crippen LogP contribution in [0.1, 0.15) is 191 Å².